The maximum atomic E-state index is 3.84. The maximum Gasteiger partial charge on any atom is 0.0198 e. The molecule has 0 saturated carbocycles. The van der Waals surface area contributed by atoms with E-state index in [0.29, 0.717) is 16.9 Å². The normalized spacial score (nSPS) is 25.3. The third-order valence-electron chi connectivity index (χ3n) is 4.26. The average molecular weight is 297 g/mol. The number of hydrogen-bond donors (Lipinski definition) is 1. The van der Waals surface area contributed by atoms with E-state index in [9.17, 15) is 0 Å². The molecule has 126 valence electrons. The van der Waals surface area contributed by atoms with Crippen molar-refractivity contribution in [1.82, 2.24) is 10.2 Å². The number of nitrogens with zero attached hydrogens (tertiary/aromatic N) is 1. The molecule has 1 rings (SSSR count). The second kappa shape index (κ2) is 7.97. The first-order chi connectivity index (χ1) is 9.59. The van der Waals surface area contributed by atoms with Gasteiger partial charge >= 0.3 is 0 Å². The second-order valence-electron chi connectivity index (χ2n) is 9.62. The van der Waals surface area contributed by atoms with Crippen LogP contribution >= 0.6 is 0 Å². The van der Waals surface area contributed by atoms with Crippen molar-refractivity contribution in [3.63, 3.8) is 0 Å². The highest BCUT2D eigenvalue weighted by atomic mass is 15.2. The summed E-state index contributed by atoms with van der Waals surface area (Å²) < 4.78 is 0. The van der Waals surface area contributed by atoms with E-state index in [-0.39, 0.29) is 0 Å². The molecule has 21 heavy (non-hydrogen) atoms. The van der Waals surface area contributed by atoms with Crippen molar-refractivity contribution in [3.8, 4) is 0 Å². The maximum absolute atomic E-state index is 3.84. The van der Waals surface area contributed by atoms with E-state index < -0.39 is 0 Å². The van der Waals surface area contributed by atoms with Gasteiger partial charge in [0, 0.05) is 25.7 Å². The average Bonchev–Trinajstić information content (AvgIpc) is 2.31. The molecule has 1 aliphatic rings. The molecule has 1 fully saturated rings. The van der Waals surface area contributed by atoms with Crippen molar-refractivity contribution < 1.29 is 0 Å². The number of piperidine rings is 1. The second-order valence-corrected chi connectivity index (χ2v) is 9.62. The summed E-state index contributed by atoms with van der Waals surface area (Å²) in [6.45, 7) is 21.4. The van der Waals surface area contributed by atoms with Crippen LogP contribution in [0.5, 0.6) is 0 Å². The molecule has 2 atom stereocenters. The van der Waals surface area contributed by atoms with Gasteiger partial charge in [0.15, 0.2) is 0 Å². The van der Waals surface area contributed by atoms with Gasteiger partial charge in [-0.05, 0) is 42.6 Å². The molecule has 0 aromatic rings. The standard InChI is InChI=1S/C19H40N2/c1-8-9-10-21-13-16(12-18(2,3)4)11-17(14-21)20-15-19(5,6)7/h16-17,20H,8-15H2,1-7H3. The minimum atomic E-state index is 0.380. The first-order valence-electron chi connectivity index (χ1n) is 9.05. The summed E-state index contributed by atoms with van der Waals surface area (Å²) in [5.41, 5.74) is 0.832. The highest BCUT2D eigenvalue weighted by Crippen LogP contribution is 2.30. The Labute approximate surface area is 134 Å². The number of rotatable bonds is 6. The Kier molecular flexibility index (Phi) is 7.19. The van der Waals surface area contributed by atoms with Crippen molar-refractivity contribution in [1.29, 1.82) is 0 Å². The molecule has 2 heteroatoms. The summed E-state index contributed by atoms with van der Waals surface area (Å²) in [5, 5.41) is 3.84. The Morgan fingerprint density at radius 1 is 1.00 bits per heavy atom. The minimum Gasteiger partial charge on any atom is -0.312 e. The fourth-order valence-electron chi connectivity index (χ4n) is 3.48. The van der Waals surface area contributed by atoms with Crippen LogP contribution < -0.4 is 5.32 Å². The van der Waals surface area contributed by atoms with Crippen LogP contribution in [0.2, 0.25) is 0 Å². The third-order valence-corrected chi connectivity index (χ3v) is 4.26. The fourth-order valence-corrected chi connectivity index (χ4v) is 3.48. The molecular formula is C19H40N2. The molecule has 1 saturated heterocycles. The van der Waals surface area contributed by atoms with E-state index in [2.05, 4.69) is 58.7 Å². The molecule has 0 spiro atoms. The zero-order valence-corrected chi connectivity index (χ0v) is 15.8. The highest BCUT2D eigenvalue weighted by Gasteiger charge is 2.30. The number of nitrogens with one attached hydrogen (secondary N) is 1. The largest absolute Gasteiger partial charge is 0.312 e. The van der Waals surface area contributed by atoms with Gasteiger partial charge in [0.1, 0.15) is 0 Å². The zero-order valence-electron chi connectivity index (χ0n) is 15.8. The van der Waals surface area contributed by atoms with Crippen molar-refractivity contribution >= 4 is 0 Å². The molecule has 1 heterocycles. The Morgan fingerprint density at radius 3 is 2.19 bits per heavy atom. The van der Waals surface area contributed by atoms with Crippen LogP contribution in [0, 0.1) is 16.7 Å². The Balaban J connectivity index is 2.56. The molecular weight excluding hydrogens is 256 g/mol. The molecule has 2 nitrogen and oxygen atoms in total. The van der Waals surface area contributed by atoms with Gasteiger partial charge in [0.05, 0.1) is 0 Å². The van der Waals surface area contributed by atoms with Gasteiger partial charge in [0.25, 0.3) is 0 Å². The van der Waals surface area contributed by atoms with Crippen LogP contribution in [0.15, 0.2) is 0 Å². The summed E-state index contributed by atoms with van der Waals surface area (Å²) >= 11 is 0. The smallest absolute Gasteiger partial charge is 0.0198 e. The van der Waals surface area contributed by atoms with Gasteiger partial charge in [-0.2, -0.15) is 0 Å². The molecule has 2 unspecified atom stereocenters. The van der Waals surface area contributed by atoms with Gasteiger partial charge in [-0.3, -0.25) is 0 Å². The van der Waals surface area contributed by atoms with E-state index in [1.807, 2.05) is 0 Å². The zero-order chi connectivity index (χ0) is 16.1. The van der Waals surface area contributed by atoms with Crippen LogP contribution in [0.4, 0.5) is 0 Å². The number of likely N-dealkylation sites (tertiary alicyclic amines) is 1. The summed E-state index contributed by atoms with van der Waals surface area (Å²) in [4.78, 5) is 2.71. The first-order valence-corrected chi connectivity index (χ1v) is 9.05. The Bertz CT molecular complexity index is 285. The summed E-state index contributed by atoms with van der Waals surface area (Å²) in [5.74, 6) is 0.855. The molecule has 0 aromatic carbocycles. The van der Waals surface area contributed by atoms with Gasteiger partial charge in [-0.15, -0.1) is 0 Å². The SMILES string of the molecule is CCCCN1CC(CC(C)(C)C)CC(NCC(C)(C)C)C1. The first kappa shape index (κ1) is 19.0. The van der Waals surface area contributed by atoms with Gasteiger partial charge in [0.2, 0.25) is 0 Å². The van der Waals surface area contributed by atoms with Crippen LogP contribution in [0.25, 0.3) is 0 Å². The lowest BCUT2D eigenvalue weighted by Crippen LogP contribution is -2.51. The predicted molar refractivity (Wildman–Crippen MR) is 94.8 cm³/mol. The molecule has 0 amide bonds. The lowest BCUT2D eigenvalue weighted by molar-refractivity contribution is 0.108. The van der Waals surface area contributed by atoms with E-state index in [0.717, 1.165) is 12.5 Å². The van der Waals surface area contributed by atoms with E-state index in [1.54, 1.807) is 0 Å². The topological polar surface area (TPSA) is 15.3 Å². The summed E-state index contributed by atoms with van der Waals surface area (Å²) in [6.07, 6.45) is 5.36. The number of unbranched alkanes of at least 4 members (excludes halogenated alkanes) is 1. The van der Waals surface area contributed by atoms with Crippen molar-refractivity contribution in [2.45, 2.75) is 80.2 Å². The molecule has 0 aromatic heterocycles. The quantitative estimate of drug-likeness (QED) is 0.773. The lowest BCUT2D eigenvalue weighted by Gasteiger charge is -2.41. The third kappa shape index (κ3) is 8.83. The highest BCUT2D eigenvalue weighted by molar-refractivity contribution is 4.86. The molecule has 0 radical (unpaired) electrons. The Hall–Kier alpha value is -0.0800. The van der Waals surface area contributed by atoms with Crippen LogP contribution in [0.1, 0.15) is 74.1 Å². The van der Waals surface area contributed by atoms with Crippen LogP contribution in [-0.2, 0) is 0 Å². The summed E-state index contributed by atoms with van der Waals surface area (Å²) in [7, 11) is 0. The lowest BCUT2D eigenvalue weighted by atomic mass is 9.80. The molecule has 1 N–H and O–H groups in total. The minimum absolute atomic E-state index is 0.380. The van der Waals surface area contributed by atoms with Crippen LogP contribution in [0.3, 0.4) is 0 Å². The van der Waals surface area contributed by atoms with Gasteiger partial charge < -0.3 is 10.2 Å². The monoisotopic (exact) mass is 296 g/mol. The Morgan fingerprint density at radius 2 is 1.67 bits per heavy atom. The fraction of sp³-hybridized carbons (Fsp3) is 1.00. The molecule has 0 bridgehead atoms. The van der Waals surface area contributed by atoms with Crippen LogP contribution in [-0.4, -0.2) is 37.1 Å². The van der Waals surface area contributed by atoms with Crippen molar-refractivity contribution in [2.24, 2.45) is 16.7 Å². The van der Waals surface area contributed by atoms with E-state index in [1.165, 1.54) is 45.3 Å². The molecule has 0 aliphatic carbocycles. The van der Waals surface area contributed by atoms with E-state index >= 15 is 0 Å². The van der Waals surface area contributed by atoms with Gasteiger partial charge in [-0.25, -0.2) is 0 Å². The number of hydrogen-bond acceptors (Lipinski definition) is 2. The van der Waals surface area contributed by atoms with Crippen molar-refractivity contribution in [2.75, 3.05) is 26.2 Å². The summed E-state index contributed by atoms with van der Waals surface area (Å²) in [6, 6.07) is 0.683. The van der Waals surface area contributed by atoms with E-state index in [4.69, 9.17) is 0 Å². The predicted octanol–water partition coefficient (Wildman–Crippen LogP) is 4.55. The molecule has 1 aliphatic heterocycles. The van der Waals surface area contributed by atoms with Crippen molar-refractivity contribution in [3.05, 3.63) is 0 Å². The van der Waals surface area contributed by atoms with Gasteiger partial charge in [-0.1, -0.05) is 54.9 Å².